The van der Waals surface area contributed by atoms with Crippen LogP contribution in [0.2, 0.25) is 0 Å². The predicted molar refractivity (Wildman–Crippen MR) is 68.2 cm³/mol. The van der Waals surface area contributed by atoms with Gasteiger partial charge in [-0.05, 0) is 25.0 Å². The Kier molecular flexibility index (Phi) is 3.54. The lowest BCUT2D eigenvalue weighted by Crippen LogP contribution is -2.03. The SMILES string of the molecule is CCOC(=O)c1ncc(-c2ccccc2C)s1. The van der Waals surface area contributed by atoms with Crippen LogP contribution >= 0.6 is 11.3 Å². The van der Waals surface area contributed by atoms with E-state index in [0.717, 1.165) is 10.4 Å². The molecule has 0 saturated heterocycles. The van der Waals surface area contributed by atoms with Crippen LogP contribution < -0.4 is 0 Å². The third kappa shape index (κ3) is 2.53. The van der Waals surface area contributed by atoms with Crippen LogP contribution in [-0.4, -0.2) is 17.6 Å². The zero-order chi connectivity index (χ0) is 12.3. The molecule has 0 aliphatic heterocycles. The summed E-state index contributed by atoms with van der Waals surface area (Å²) in [4.78, 5) is 16.6. The van der Waals surface area contributed by atoms with Crippen LogP contribution in [0, 0.1) is 6.92 Å². The van der Waals surface area contributed by atoms with E-state index in [4.69, 9.17) is 4.74 Å². The Morgan fingerprint density at radius 2 is 2.18 bits per heavy atom. The Bertz CT molecular complexity index is 534. The summed E-state index contributed by atoms with van der Waals surface area (Å²) in [5.74, 6) is -0.350. The molecule has 0 amide bonds. The second-order valence-corrected chi connectivity index (χ2v) is 4.60. The minimum atomic E-state index is -0.350. The molecule has 0 saturated carbocycles. The molecule has 3 nitrogen and oxygen atoms in total. The zero-order valence-electron chi connectivity index (χ0n) is 9.77. The van der Waals surface area contributed by atoms with E-state index in [-0.39, 0.29) is 5.97 Å². The first kappa shape index (κ1) is 11.8. The lowest BCUT2D eigenvalue weighted by molar-refractivity contribution is 0.0526. The molecule has 1 heterocycles. The number of thiazole rings is 1. The van der Waals surface area contributed by atoms with Crippen LogP contribution in [0.1, 0.15) is 22.3 Å². The number of aryl methyl sites for hydroxylation is 1. The van der Waals surface area contributed by atoms with Crippen molar-refractivity contribution in [1.82, 2.24) is 4.98 Å². The van der Waals surface area contributed by atoms with Gasteiger partial charge in [0.15, 0.2) is 0 Å². The maximum absolute atomic E-state index is 11.5. The van der Waals surface area contributed by atoms with Crippen molar-refractivity contribution in [2.45, 2.75) is 13.8 Å². The van der Waals surface area contributed by atoms with Gasteiger partial charge in [-0.3, -0.25) is 0 Å². The van der Waals surface area contributed by atoms with E-state index >= 15 is 0 Å². The molecule has 0 fully saturated rings. The van der Waals surface area contributed by atoms with Gasteiger partial charge in [0.2, 0.25) is 5.01 Å². The highest BCUT2D eigenvalue weighted by Crippen LogP contribution is 2.28. The highest BCUT2D eigenvalue weighted by Gasteiger charge is 2.13. The number of carbonyl (C=O) groups is 1. The van der Waals surface area contributed by atoms with Crippen LogP contribution in [0.4, 0.5) is 0 Å². The molecular formula is C13H13NO2S. The standard InChI is InChI=1S/C13H13NO2S/c1-3-16-13(15)12-14-8-11(17-12)10-7-5-4-6-9(10)2/h4-8H,3H2,1-2H3. The summed E-state index contributed by atoms with van der Waals surface area (Å²) in [6, 6.07) is 8.04. The van der Waals surface area contributed by atoms with Crippen LogP contribution in [0.15, 0.2) is 30.5 Å². The largest absolute Gasteiger partial charge is 0.461 e. The smallest absolute Gasteiger partial charge is 0.367 e. The molecule has 88 valence electrons. The molecule has 4 heteroatoms. The fraction of sp³-hybridized carbons (Fsp3) is 0.231. The molecule has 0 radical (unpaired) electrons. The number of aromatic nitrogens is 1. The normalized spacial score (nSPS) is 10.2. The number of benzene rings is 1. The summed E-state index contributed by atoms with van der Waals surface area (Å²) in [5.41, 5.74) is 2.28. The van der Waals surface area contributed by atoms with Gasteiger partial charge in [0.25, 0.3) is 0 Å². The van der Waals surface area contributed by atoms with Crippen molar-refractivity contribution >= 4 is 17.3 Å². The molecular weight excluding hydrogens is 234 g/mol. The van der Waals surface area contributed by atoms with Crippen LogP contribution in [0.3, 0.4) is 0 Å². The number of hydrogen-bond acceptors (Lipinski definition) is 4. The topological polar surface area (TPSA) is 39.2 Å². The van der Waals surface area contributed by atoms with Gasteiger partial charge >= 0.3 is 5.97 Å². The first-order valence-corrected chi connectivity index (χ1v) is 6.23. The fourth-order valence-corrected chi connectivity index (χ4v) is 2.44. The Balaban J connectivity index is 2.30. The molecule has 0 bridgehead atoms. The molecule has 0 aliphatic carbocycles. The Hall–Kier alpha value is -1.68. The highest BCUT2D eigenvalue weighted by molar-refractivity contribution is 7.16. The first-order chi connectivity index (χ1) is 8.22. The van der Waals surface area contributed by atoms with Crippen LogP contribution in [0.25, 0.3) is 10.4 Å². The highest BCUT2D eigenvalue weighted by atomic mass is 32.1. The minimum absolute atomic E-state index is 0.350. The molecule has 0 unspecified atom stereocenters. The summed E-state index contributed by atoms with van der Waals surface area (Å²) >= 11 is 1.36. The van der Waals surface area contributed by atoms with Crippen molar-refractivity contribution in [3.8, 4) is 10.4 Å². The van der Waals surface area contributed by atoms with E-state index in [9.17, 15) is 4.79 Å². The van der Waals surface area contributed by atoms with Gasteiger partial charge in [-0.15, -0.1) is 11.3 Å². The first-order valence-electron chi connectivity index (χ1n) is 5.41. The third-order valence-corrected chi connectivity index (χ3v) is 3.38. The van der Waals surface area contributed by atoms with Gasteiger partial charge in [-0.1, -0.05) is 24.3 Å². The van der Waals surface area contributed by atoms with Gasteiger partial charge in [0.05, 0.1) is 11.5 Å². The van der Waals surface area contributed by atoms with E-state index in [0.29, 0.717) is 11.6 Å². The molecule has 2 aromatic rings. The van der Waals surface area contributed by atoms with Gasteiger partial charge in [0, 0.05) is 6.20 Å². The van der Waals surface area contributed by atoms with Crippen molar-refractivity contribution in [2.75, 3.05) is 6.61 Å². The van der Waals surface area contributed by atoms with Gasteiger partial charge in [-0.2, -0.15) is 0 Å². The average Bonchev–Trinajstić information content (AvgIpc) is 2.79. The molecule has 17 heavy (non-hydrogen) atoms. The summed E-state index contributed by atoms with van der Waals surface area (Å²) in [5, 5.41) is 0.408. The van der Waals surface area contributed by atoms with Gasteiger partial charge in [-0.25, -0.2) is 9.78 Å². The summed E-state index contributed by atoms with van der Waals surface area (Å²) < 4.78 is 4.92. The lowest BCUT2D eigenvalue weighted by Gasteiger charge is -2.00. The average molecular weight is 247 g/mol. The lowest BCUT2D eigenvalue weighted by atomic mass is 10.1. The van der Waals surface area contributed by atoms with E-state index < -0.39 is 0 Å². The molecule has 1 aromatic heterocycles. The summed E-state index contributed by atoms with van der Waals surface area (Å²) in [6.45, 7) is 4.20. The van der Waals surface area contributed by atoms with Crippen LogP contribution in [0.5, 0.6) is 0 Å². The maximum atomic E-state index is 11.5. The number of nitrogens with zero attached hydrogens (tertiary/aromatic N) is 1. The number of esters is 1. The van der Waals surface area contributed by atoms with Crippen LogP contribution in [-0.2, 0) is 4.74 Å². The molecule has 0 spiro atoms. The zero-order valence-corrected chi connectivity index (χ0v) is 10.6. The van der Waals surface area contributed by atoms with Crippen molar-refractivity contribution in [2.24, 2.45) is 0 Å². The number of hydrogen-bond donors (Lipinski definition) is 0. The maximum Gasteiger partial charge on any atom is 0.367 e. The van der Waals surface area contributed by atoms with E-state index in [1.807, 2.05) is 31.2 Å². The van der Waals surface area contributed by atoms with Crippen molar-refractivity contribution in [3.63, 3.8) is 0 Å². The second kappa shape index (κ2) is 5.10. The molecule has 2 rings (SSSR count). The second-order valence-electron chi connectivity index (χ2n) is 3.57. The summed E-state index contributed by atoms with van der Waals surface area (Å²) in [7, 11) is 0. The molecule has 1 aromatic carbocycles. The monoisotopic (exact) mass is 247 g/mol. The Labute approximate surface area is 104 Å². The van der Waals surface area contributed by atoms with Crippen molar-refractivity contribution in [3.05, 3.63) is 41.0 Å². The number of ether oxygens (including phenoxy) is 1. The van der Waals surface area contributed by atoms with Crippen molar-refractivity contribution in [1.29, 1.82) is 0 Å². The quantitative estimate of drug-likeness (QED) is 0.781. The van der Waals surface area contributed by atoms with E-state index in [1.54, 1.807) is 13.1 Å². The summed E-state index contributed by atoms with van der Waals surface area (Å²) in [6.07, 6.45) is 1.72. The van der Waals surface area contributed by atoms with E-state index in [2.05, 4.69) is 4.98 Å². The molecule has 0 N–H and O–H groups in total. The van der Waals surface area contributed by atoms with Gasteiger partial charge in [0.1, 0.15) is 0 Å². The predicted octanol–water partition coefficient (Wildman–Crippen LogP) is 3.30. The minimum Gasteiger partial charge on any atom is -0.461 e. The fourth-order valence-electron chi connectivity index (χ4n) is 1.54. The third-order valence-electron chi connectivity index (χ3n) is 2.37. The number of carbonyl (C=O) groups excluding carboxylic acids is 1. The Morgan fingerprint density at radius 3 is 2.88 bits per heavy atom. The van der Waals surface area contributed by atoms with Crippen molar-refractivity contribution < 1.29 is 9.53 Å². The number of rotatable bonds is 3. The molecule has 0 aliphatic rings. The van der Waals surface area contributed by atoms with E-state index in [1.165, 1.54) is 16.9 Å². The molecule has 0 atom stereocenters. The van der Waals surface area contributed by atoms with Gasteiger partial charge < -0.3 is 4.74 Å². The Morgan fingerprint density at radius 1 is 1.41 bits per heavy atom.